The van der Waals surface area contributed by atoms with E-state index in [1.807, 2.05) is 0 Å². The second kappa shape index (κ2) is 5.58. The molecule has 0 atom stereocenters. The molecule has 0 N–H and O–H groups in total. The zero-order chi connectivity index (χ0) is 17.9. The van der Waals surface area contributed by atoms with E-state index in [2.05, 4.69) is 69.0 Å². The van der Waals surface area contributed by atoms with E-state index in [1.54, 1.807) is 22.3 Å². The molecule has 2 aromatic carbocycles. The molecule has 0 bridgehead atoms. The van der Waals surface area contributed by atoms with Gasteiger partial charge in [-0.15, -0.1) is 0 Å². The van der Waals surface area contributed by atoms with Crippen LogP contribution in [0.25, 0.3) is 17.2 Å². The number of fused-ring (bicyclic) bond motifs is 6. The molecule has 3 aliphatic rings. The van der Waals surface area contributed by atoms with Crippen LogP contribution in [0.4, 0.5) is 0 Å². The summed E-state index contributed by atoms with van der Waals surface area (Å²) >= 11 is 0. The van der Waals surface area contributed by atoms with E-state index >= 15 is 0 Å². The van der Waals surface area contributed by atoms with E-state index in [4.69, 9.17) is 0 Å². The zero-order valence-corrected chi connectivity index (χ0v) is 15.9. The Kier molecular flexibility index (Phi) is 3.41. The van der Waals surface area contributed by atoms with Crippen molar-refractivity contribution in [2.75, 3.05) is 0 Å². The monoisotopic (exact) mass is 338 g/mol. The maximum atomic E-state index is 4.49. The van der Waals surface area contributed by atoms with E-state index in [0.29, 0.717) is 0 Å². The molecule has 0 nitrogen and oxygen atoms in total. The molecule has 5 rings (SSSR count). The van der Waals surface area contributed by atoms with Crippen molar-refractivity contribution in [1.29, 1.82) is 0 Å². The lowest BCUT2D eigenvalue weighted by Crippen LogP contribution is -2.20. The van der Waals surface area contributed by atoms with Gasteiger partial charge < -0.3 is 0 Å². The van der Waals surface area contributed by atoms with Crippen LogP contribution in [-0.2, 0) is 25.7 Å². The summed E-state index contributed by atoms with van der Waals surface area (Å²) in [6, 6.07) is 10.8. The van der Waals surface area contributed by atoms with Gasteiger partial charge in [-0.2, -0.15) is 0 Å². The number of allylic oxidation sites excluding steroid dienone is 4. The van der Waals surface area contributed by atoms with Crippen LogP contribution in [0.5, 0.6) is 0 Å². The first-order chi connectivity index (χ1) is 12.5. The van der Waals surface area contributed by atoms with Gasteiger partial charge in [0.2, 0.25) is 0 Å². The number of benzene rings is 2. The number of hydrogen-bond acceptors (Lipinski definition) is 0. The van der Waals surface area contributed by atoms with Crippen LogP contribution < -0.4 is 0 Å². The fraction of sp³-hybridized carbons (Fsp3) is 0.308. The van der Waals surface area contributed by atoms with Crippen LogP contribution in [0.2, 0.25) is 0 Å². The Morgan fingerprint density at radius 2 is 1.65 bits per heavy atom. The van der Waals surface area contributed by atoms with Crippen LogP contribution in [-0.4, -0.2) is 0 Å². The topological polar surface area (TPSA) is 0 Å². The summed E-state index contributed by atoms with van der Waals surface area (Å²) in [6.45, 7) is 9.20. The lowest BCUT2D eigenvalue weighted by molar-refractivity contribution is 0.473. The third-order valence-corrected chi connectivity index (χ3v) is 6.36. The Labute approximate surface area is 157 Å². The van der Waals surface area contributed by atoms with Crippen molar-refractivity contribution >= 4 is 17.2 Å². The molecule has 0 amide bonds. The van der Waals surface area contributed by atoms with Crippen LogP contribution in [0.1, 0.15) is 59.2 Å². The summed E-state index contributed by atoms with van der Waals surface area (Å²) in [5.41, 5.74) is 13.6. The van der Waals surface area contributed by atoms with Crippen molar-refractivity contribution in [2.45, 2.75) is 46.0 Å². The molecule has 0 heterocycles. The van der Waals surface area contributed by atoms with Crippen LogP contribution in [0.3, 0.4) is 0 Å². The maximum absolute atomic E-state index is 4.49. The third kappa shape index (κ3) is 2.35. The predicted molar refractivity (Wildman–Crippen MR) is 112 cm³/mol. The van der Waals surface area contributed by atoms with Gasteiger partial charge in [0.25, 0.3) is 0 Å². The van der Waals surface area contributed by atoms with Gasteiger partial charge in [0.15, 0.2) is 0 Å². The summed E-state index contributed by atoms with van der Waals surface area (Å²) in [7, 11) is 0. The highest BCUT2D eigenvalue weighted by Crippen LogP contribution is 2.46. The highest BCUT2D eigenvalue weighted by Gasteiger charge is 2.32. The highest BCUT2D eigenvalue weighted by atomic mass is 14.4. The molecule has 0 radical (unpaired) electrons. The first kappa shape index (κ1) is 15.9. The van der Waals surface area contributed by atoms with Gasteiger partial charge >= 0.3 is 0 Å². The van der Waals surface area contributed by atoms with Gasteiger partial charge in [0.1, 0.15) is 0 Å². The van der Waals surface area contributed by atoms with Gasteiger partial charge in [0, 0.05) is 0 Å². The number of hydrogen-bond donors (Lipinski definition) is 0. The Balaban J connectivity index is 1.72. The van der Waals surface area contributed by atoms with E-state index in [1.165, 1.54) is 47.1 Å². The molecule has 0 saturated carbocycles. The third-order valence-electron chi connectivity index (χ3n) is 6.36. The minimum atomic E-state index is 0.263. The highest BCUT2D eigenvalue weighted by molar-refractivity contribution is 5.93. The molecule has 2 aromatic rings. The summed E-state index contributed by atoms with van der Waals surface area (Å²) < 4.78 is 0. The fourth-order valence-corrected chi connectivity index (χ4v) is 5.17. The zero-order valence-electron chi connectivity index (χ0n) is 15.9. The summed E-state index contributed by atoms with van der Waals surface area (Å²) in [4.78, 5) is 0. The molecule has 130 valence electrons. The quantitative estimate of drug-likeness (QED) is 0.562. The van der Waals surface area contributed by atoms with Gasteiger partial charge in [-0.05, 0) is 87.6 Å². The maximum Gasteiger partial charge on any atom is -0.00104 e. The minimum Gasteiger partial charge on any atom is -0.0911 e. The SMILES string of the molecule is C=C1C=C(c2ccccc2)Cc2c3c(c4c(c21)C=CC(C)(C)C4)CCC3. The summed E-state index contributed by atoms with van der Waals surface area (Å²) in [5, 5.41) is 0. The molecule has 0 aliphatic heterocycles. The minimum absolute atomic E-state index is 0.263. The van der Waals surface area contributed by atoms with E-state index in [0.717, 1.165) is 12.8 Å². The Morgan fingerprint density at radius 3 is 2.42 bits per heavy atom. The standard InChI is InChI=1S/C26H26/c1-17-14-19(18-8-5-4-6-9-18)15-23-20-10-7-11-21(20)24-16-26(2,3)13-12-22(24)25(17)23/h4-6,8-9,12-14H,1,7,10-11,15-16H2,2-3H3. The largest absolute Gasteiger partial charge is 0.0911 e. The van der Waals surface area contributed by atoms with Gasteiger partial charge in [0.05, 0.1) is 0 Å². The van der Waals surface area contributed by atoms with Crippen molar-refractivity contribution in [3.8, 4) is 0 Å². The molecule has 0 spiro atoms. The van der Waals surface area contributed by atoms with Crippen LogP contribution in [0, 0.1) is 5.41 Å². The predicted octanol–water partition coefficient (Wildman–Crippen LogP) is 6.42. The second-order valence-corrected chi connectivity index (χ2v) is 8.79. The molecular weight excluding hydrogens is 312 g/mol. The van der Waals surface area contributed by atoms with Crippen LogP contribution >= 0.6 is 0 Å². The lowest BCUT2D eigenvalue weighted by atomic mass is 9.71. The normalized spacial score (nSPS) is 19.6. The van der Waals surface area contributed by atoms with Gasteiger partial charge in [-0.3, -0.25) is 0 Å². The molecule has 0 heteroatoms. The molecule has 3 aliphatic carbocycles. The van der Waals surface area contributed by atoms with Gasteiger partial charge in [-0.1, -0.05) is 69.0 Å². The smallest absolute Gasteiger partial charge is 0.00104 e. The van der Waals surface area contributed by atoms with Gasteiger partial charge in [-0.25, -0.2) is 0 Å². The van der Waals surface area contributed by atoms with E-state index in [-0.39, 0.29) is 5.41 Å². The van der Waals surface area contributed by atoms with Crippen LogP contribution in [0.15, 0.2) is 49.1 Å². The van der Waals surface area contributed by atoms with Crippen molar-refractivity contribution in [3.63, 3.8) is 0 Å². The molecular formula is C26H26. The average Bonchev–Trinajstić information content (AvgIpc) is 3.12. The Bertz CT molecular complexity index is 981. The van der Waals surface area contributed by atoms with E-state index in [9.17, 15) is 0 Å². The van der Waals surface area contributed by atoms with Crippen molar-refractivity contribution in [1.82, 2.24) is 0 Å². The second-order valence-electron chi connectivity index (χ2n) is 8.79. The summed E-state index contributed by atoms with van der Waals surface area (Å²) in [5.74, 6) is 0. The number of rotatable bonds is 1. The van der Waals surface area contributed by atoms with Crippen molar-refractivity contribution in [3.05, 3.63) is 88.0 Å². The van der Waals surface area contributed by atoms with E-state index < -0.39 is 0 Å². The average molecular weight is 338 g/mol. The fourth-order valence-electron chi connectivity index (χ4n) is 5.17. The summed E-state index contributed by atoms with van der Waals surface area (Å²) in [6.07, 6.45) is 13.1. The Hall–Kier alpha value is -2.34. The molecule has 0 fully saturated rings. The molecule has 0 aromatic heterocycles. The molecule has 0 saturated heterocycles. The lowest BCUT2D eigenvalue weighted by Gasteiger charge is -2.33. The Morgan fingerprint density at radius 1 is 0.923 bits per heavy atom. The van der Waals surface area contributed by atoms with Crippen molar-refractivity contribution < 1.29 is 0 Å². The first-order valence-electron chi connectivity index (χ1n) is 9.87. The molecule has 0 unspecified atom stereocenters. The van der Waals surface area contributed by atoms with Crippen molar-refractivity contribution in [2.24, 2.45) is 5.41 Å². The first-order valence-corrected chi connectivity index (χ1v) is 9.87. The molecule has 26 heavy (non-hydrogen) atoms.